The Morgan fingerprint density at radius 3 is 2.43 bits per heavy atom. The van der Waals surface area contributed by atoms with Crippen LogP contribution in [0, 0.1) is 5.41 Å². The Balaban J connectivity index is 2.01. The molecule has 1 saturated carbocycles. The molecule has 0 aromatic carbocycles. The third kappa shape index (κ3) is 1.98. The van der Waals surface area contributed by atoms with Gasteiger partial charge in [-0.05, 0) is 43.9 Å². The monoisotopic (exact) mass is 196 g/mol. The Bertz CT molecular complexity index is 164. The molecule has 2 aliphatic rings. The fourth-order valence-corrected chi connectivity index (χ4v) is 3.38. The van der Waals surface area contributed by atoms with Gasteiger partial charge in [0.1, 0.15) is 0 Å². The highest BCUT2D eigenvalue weighted by Crippen LogP contribution is 2.45. The topological polar surface area (TPSA) is 9.23 Å². The minimum Gasteiger partial charge on any atom is -0.378 e. The van der Waals surface area contributed by atoms with Crippen LogP contribution in [-0.2, 0) is 4.74 Å². The van der Waals surface area contributed by atoms with E-state index in [1.54, 1.807) is 0 Å². The first-order valence-electron chi connectivity index (χ1n) is 6.49. The number of ether oxygens (including phenoxy) is 1. The van der Waals surface area contributed by atoms with E-state index in [0.29, 0.717) is 11.5 Å². The van der Waals surface area contributed by atoms with E-state index in [-0.39, 0.29) is 0 Å². The van der Waals surface area contributed by atoms with Crippen LogP contribution >= 0.6 is 0 Å². The lowest BCUT2D eigenvalue weighted by Crippen LogP contribution is -2.40. The maximum absolute atomic E-state index is 6.01. The number of rotatable bonds is 2. The first-order chi connectivity index (χ1) is 6.87. The third-order valence-corrected chi connectivity index (χ3v) is 4.42. The average Bonchev–Trinajstić information content (AvgIpc) is 2.31. The van der Waals surface area contributed by atoms with Gasteiger partial charge in [0.05, 0.1) is 6.10 Å². The summed E-state index contributed by atoms with van der Waals surface area (Å²) in [5.41, 5.74) is 0.568. The maximum atomic E-state index is 6.01. The van der Waals surface area contributed by atoms with Crippen LogP contribution in [0.1, 0.15) is 64.7 Å². The van der Waals surface area contributed by atoms with Gasteiger partial charge in [-0.2, -0.15) is 0 Å². The van der Waals surface area contributed by atoms with Crippen molar-refractivity contribution >= 4 is 0 Å². The summed E-state index contributed by atoms with van der Waals surface area (Å²) in [5.74, 6) is 0. The molecular formula is C13H24O. The normalized spacial score (nSPS) is 32.8. The molecule has 1 unspecified atom stereocenters. The highest BCUT2D eigenvalue weighted by molar-refractivity contribution is 4.90. The highest BCUT2D eigenvalue weighted by atomic mass is 16.5. The lowest BCUT2D eigenvalue weighted by molar-refractivity contribution is -0.0859. The molecule has 1 heteroatoms. The zero-order chi connectivity index (χ0) is 9.86. The summed E-state index contributed by atoms with van der Waals surface area (Å²) < 4.78 is 6.01. The Morgan fingerprint density at radius 1 is 1.07 bits per heavy atom. The number of hydrogen-bond donors (Lipinski definition) is 0. The van der Waals surface area contributed by atoms with Crippen LogP contribution in [0.5, 0.6) is 0 Å². The van der Waals surface area contributed by atoms with Crippen molar-refractivity contribution in [3.8, 4) is 0 Å². The van der Waals surface area contributed by atoms with Crippen LogP contribution < -0.4 is 0 Å². The van der Waals surface area contributed by atoms with Gasteiger partial charge in [-0.1, -0.05) is 26.2 Å². The summed E-state index contributed by atoms with van der Waals surface area (Å²) in [6.07, 6.45) is 13.1. The SMILES string of the molecule is CCC1(C2CCCCO2)CCCCC1. The molecule has 1 saturated heterocycles. The predicted octanol–water partition coefficient (Wildman–Crippen LogP) is 3.92. The molecule has 0 N–H and O–H groups in total. The smallest absolute Gasteiger partial charge is 0.0631 e. The van der Waals surface area contributed by atoms with Crippen molar-refractivity contribution in [2.45, 2.75) is 70.8 Å². The standard InChI is InChI=1S/C13H24O/c1-2-13(9-5-3-6-10-13)12-8-4-7-11-14-12/h12H,2-11H2,1H3. The minimum atomic E-state index is 0.568. The molecule has 2 fully saturated rings. The molecular weight excluding hydrogens is 172 g/mol. The van der Waals surface area contributed by atoms with Crippen LogP contribution in [0.15, 0.2) is 0 Å². The molecule has 1 atom stereocenters. The quantitative estimate of drug-likeness (QED) is 0.650. The molecule has 1 aliphatic carbocycles. The second kappa shape index (κ2) is 4.65. The fourth-order valence-electron chi connectivity index (χ4n) is 3.38. The fraction of sp³-hybridized carbons (Fsp3) is 1.00. The van der Waals surface area contributed by atoms with Crippen LogP contribution in [0.25, 0.3) is 0 Å². The van der Waals surface area contributed by atoms with Crippen molar-refractivity contribution in [1.82, 2.24) is 0 Å². The third-order valence-electron chi connectivity index (χ3n) is 4.42. The van der Waals surface area contributed by atoms with E-state index in [9.17, 15) is 0 Å². The van der Waals surface area contributed by atoms with E-state index >= 15 is 0 Å². The van der Waals surface area contributed by atoms with E-state index in [4.69, 9.17) is 4.74 Å². The van der Waals surface area contributed by atoms with E-state index in [1.807, 2.05) is 0 Å². The molecule has 82 valence electrons. The molecule has 0 aromatic rings. The van der Waals surface area contributed by atoms with Crippen molar-refractivity contribution in [3.63, 3.8) is 0 Å². The van der Waals surface area contributed by atoms with Crippen LogP contribution in [0.4, 0.5) is 0 Å². The summed E-state index contributed by atoms with van der Waals surface area (Å²) in [6.45, 7) is 3.38. The Labute approximate surface area is 88.2 Å². The first-order valence-corrected chi connectivity index (χ1v) is 6.49. The summed E-state index contributed by atoms with van der Waals surface area (Å²) in [6, 6.07) is 0. The summed E-state index contributed by atoms with van der Waals surface area (Å²) in [4.78, 5) is 0. The van der Waals surface area contributed by atoms with Gasteiger partial charge in [0, 0.05) is 6.61 Å². The summed E-state index contributed by atoms with van der Waals surface area (Å²) in [5, 5.41) is 0. The molecule has 1 heterocycles. The second-order valence-electron chi connectivity index (χ2n) is 5.13. The van der Waals surface area contributed by atoms with Gasteiger partial charge in [-0.15, -0.1) is 0 Å². The molecule has 0 bridgehead atoms. The highest BCUT2D eigenvalue weighted by Gasteiger charge is 2.39. The minimum absolute atomic E-state index is 0.568. The molecule has 1 nitrogen and oxygen atoms in total. The van der Waals surface area contributed by atoms with E-state index in [2.05, 4.69) is 6.92 Å². The zero-order valence-corrected chi connectivity index (χ0v) is 9.56. The van der Waals surface area contributed by atoms with Crippen LogP contribution in [0.3, 0.4) is 0 Å². The Hall–Kier alpha value is -0.0400. The molecule has 0 spiro atoms. The van der Waals surface area contributed by atoms with Crippen molar-refractivity contribution in [1.29, 1.82) is 0 Å². The molecule has 2 rings (SSSR count). The van der Waals surface area contributed by atoms with Gasteiger partial charge in [0.2, 0.25) is 0 Å². The number of hydrogen-bond acceptors (Lipinski definition) is 1. The van der Waals surface area contributed by atoms with Crippen molar-refractivity contribution in [2.24, 2.45) is 5.41 Å². The van der Waals surface area contributed by atoms with Gasteiger partial charge in [-0.25, -0.2) is 0 Å². The van der Waals surface area contributed by atoms with E-state index in [1.165, 1.54) is 57.8 Å². The molecule has 1 aliphatic heterocycles. The Morgan fingerprint density at radius 2 is 1.86 bits per heavy atom. The maximum Gasteiger partial charge on any atom is 0.0631 e. The van der Waals surface area contributed by atoms with Crippen LogP contribution in [-0.4, -0.2) is 12.7 Å². The zero-order valence-electron chi connectivity index (χ0n) is 9.56. The molecule has 0 aromatic heterocycles. The van der Waals surface area contributed by atoms with E-state index < -0.39 is 0 Å². The summed E-state index contributed by atoms with van der Waals surface area (Å²) >= 11 is 0. The van der Waals surface area contributed by atoms with Crippen molar-refractivity contribution < 1.29 is 4.74 Å². The van der Waals surface area contributed by atoms with Crippen molar-refractivity contribution in [3.05, 3.63) is 0 Å². The lowest BCUT2D eigenvalue weighted by atomic mass is 9.67. The van der Waals surface area contributed by atoms with Crippen molar-refractivity contribution in [2.75, 3.05) is 6.61 Å². The first kappa shape index (κ1) is 10.5. The molecule has 14 heavy (non-hydrogen) atoms. The molecule has 0 amide bonds. The van der Waals surface area contributed by atoms with Gasteiger partial charge < -0.3 is 4.74 Å². The van der Waals surface area contributed by atoms with Gasteiger partial charge in [0.25, 0.3) is 0 Å². The Kier molecular flexibility index (Phi) is 3.48. The predicted molar refractivity (Wildman–Crippen MR) is 59.4 cm³/mol. The molecule has 0 radical (unpaired) electrons. The van der Waals surface area contributed by atoms with Gasteiger partial charge in [0.15, 0.2) is 0 Å². The summed E-state index contributed by atoms with van der Waals surface area (Å²) in [7, 11) is 0. The lowest BCUT2D eigenvalue weighted by Gasteiger charge is -2.44. The van der Waals surface area contributed by atoms with Crippen LogP contribution in [0.2, 0.25) is 0 Å². The van der Waals surface area contributed by atoms with Gasteiger partial charge >= 0.3 is 0 Å². The average molecular weight is 196 g/mol. The largest absolute Gasteiger partial charge is 0.378 e. The van der Waals surface area contributed by atoms with E-state index in [0.717, 1.165) is 6.61 Å². The second-order valence-corrected chi connectivity index (χ2v) is 5.13. The van der Waals surface area contributed by atoms with Gasteiger partial charge in [-0.3, -0.25) is 0 Å².